The second-order valence-electron chi connectivity index (χ2n) is 4.10. The standard InChI is InChI=1S/C12H20BrN3O/c1-3-4-5-6-14-7-8-16-9-15-10(2)11(13)12(16)17/h9,14H,3-8H2,1-2H3. The van der Waals surface area contributed by atoms with Gasteiger partial charge in [0.25, 0.3) is 5.56 Å². The maximum atomic E-state index is 11.8. The minimum absolute atomic E-state index is 0.00661. The molecule has 1 aromatic heterocycles. The van der Waals surface area contributed by atoms with Gasteiger partial charge in [0.2, 0.25) is 0 Å². The van der Waals surface area contributed by atoms with Gasteiger partial charge in [-0.05, 0) is 35.8 Å². The summed E-state index contributed by atoms with van der Waals surface area (Å²) >= 11 is 3.26. The van der Waals surface area contributed by atoms with Gasteiger partial charge < -0.3 is 5.32 Å². The van der Waals surface area contributed by atoms with Gasteiger partial charge in [0.05, 0.1) is 12.0 Å². The fourth-order valence-corrected chi connectivity index (χ4v) is 1.86. The van der Waals surface area contributed by atoms with Crippen molar-refractivity contribution in [3.8, 4) is 0 Å². The van der Waals surface area contributed by atoms with Crippen molar-refractivity contribution in [2.45, 2.75) is 39.7 Å². The van der Waals surface area contributed by atoms with Gasteiger partial charge in [-0.1, -0.05) is 19.8 Å². The first-order chi connectivity index (χ1) is 8.16. The quantitative estimate of drug-likeness (QED) is 0.785. The first kappa shape index (κ1) is 14.4. The van der Waals surface area contributed by atoms with Crippen molar-refractivity contribution in [3.63, 3.8) is 0 Å². The van der Waals surface area contributed by atoms with Crippen molar-refractivity contribution in [1.29, 1.82) is 0 Å². The molecule has 0 aromatic carbocycles. The molecular weight excluding hydrogens is 282 g/mol. The number of aromatic nitrogens is 2. The zero-order valence-electron chi connectivity index (χ0n) is 10.5. The normalized spacial score (nSPS) is 10.8. The molecule has 0 atom stereocenters. The van der Waals surface area contributed by atoms with Crippen LogP contribution in [0.3, 0.4) is 0 Å². The number of halogens is 1. The van der Waals surface area contributed by atoms with E-state index in [4.69, 9.17) is 0 Å². The zero-order chi connectivity index (χ0) is 12.7. The minimum atomic E-state index is -0.00661. The number of hydrogen-bond acceptors (Lipinski definition) is 3. The molecule has 1 N–H and O–H groups in total. The molecule has 0 aliphatic heterocycles. The highest BCUT2D eigenvalue weighted by atomic mass is 79.9. The average molecular weight is 302 g/mol. The van der Waals surface area contributed by atoms with E-state index in [0.717, 1.165) is 18.8 Å². The Labute approximate surface area is 111 Å². The number of nitrogens with one attached hydrogen (secondary N) is 1. The van der Waals surface area contributed by atoms with E-state index in [1.165, 1.54) is 19.3 Å². The van der Waals surface area contributed by atoms with E-state index in [0.29, 0.717) is 11.0 Å². The highest BCUT2D eigenvalue weighted by molar-refractivity contribution is 9.10. The Hall–Kier alpha value is -0.680. The zero-order valence-corrected chi connectivity index (χ0v) is 12.1. The van der Waals surface area contributed by atoms with E-state index in [1.54, 1.807) is 10.9 Å². The largest absolute Gasteiger partial charge is 0.315 e. The lowest BCUT2D eigenvalue weighted by Crippen LogP contribution is -2.28. The van der Waals surface area contributed by atoms with E-state index >= 15 is 0 Å². The van der Waals surface area contributed by atoms with Crippen LogP contribution in [0.15, 0.2) is 15.6 Å². The number of unbranched alkanes of at least 4 members (excludes halogenated alkanes) is 2. The highest BCUT2D eigenvalue weighted by Crippen LogP contribution is 2.05. The molecule has 0 aliphatic rings. The Balaban J connectivity index is 2.37. The van der Waals surface area contributed by atoms with Gasteiger partial charge in [-0.2, -0.15) is 0 Å². The van der Waals surface area contributed by atoms with Crippen molar-refractivity contribution < 1.29 is 0 Å². The molecule has 0 spiro atoms. The third-order valence-electron chi connectivity index (χ3n) is 2.64. The lowest BCUT2D eigenvalue weighted by molar-refractivity contribution is 0.555. The van der Waals surface area contributed by atoms with Crippen LogP contribution in [0.4, 0.5) is 0 Å². The van der Waals surface area contributed by atoms with Gasteiger partial charge in [-0.15, -0.1) is 0 Å². The van der Waals surface area contributed by atoms with Gasteiger partial charge >= 0.3 is 0 Å². The molecule has 0 saturated carbocycles. The molecule has 0 radical (unpaired) electrons. The molecule has 4 nitrogen and oxygen atoms in total. The van der Waals surface area contributed by atoms with Gasteiger partial charge in [0.15, 0.2) is 0 Å². The van der Waals surface area contributed by atoms with Crippen LogP contribution in [0.1, 0.15) is 31.9 Å². The van der Waals surface area contributed by atoms with Crippen molar-refractivity contribution >= 4 is 15.9 Å². The van der Waals surface area contributed by atoms with Gasteiger partial charge in [-0.3, -0.25) is 9.36 Å². The van der Waals surface area contributed by atoms with Crippen molar-refractivity contribution in [3.05, 3.63) is 26.8 Å². The first-order valence-corrected chi connectivity index (χ1v) is 6.88. The van der Waals surface area contributed by atoms with Crippen LogP contribution in [-0.4, -0.2) is 22.6 Å². The Kier molecular flexibility index (Phi) is 6.44. The second kappa shape index (κ2) is 7.61. The predicted octanol–water partition coefficient (Wildman–Crippen LogP) is 2.09. The summed E-state index contributed by atoms with van der Waals surface area (Å²) in [6, 6.07) is 0. The van der Waals surface area contributed by atoms with E-state index in [2.05, 4.69) is 33.2 Å². The number of rotatable bonds is 7. The predicted molar refractivity (Wildman–Crippen MR) is 73.3 cm³/mol. The third kappa shape index (κ3) is 4.60. The molecule has 1 heterocycles. The summed E-state index contributed by atoms with van der Waals surface area (Å²) in [4.78, 5) is 16.0. The van der Waals surface area contributed by atoms with E-state index < -0.39 is 0 Å². The second-order valence-corrected chi connectivity index (χ2v) is 4.89. The van der Waals surface area contributed by atoms with E-state index in [9.17, 15) is 4.79 Å². The molecule has 0 unspecified atom stereocenters. The van der Waals surface area contributed by atoms with Gasteiger partial charge in [0, 0.05) is 13.1 Å². The van der Waals surface area contributed by atoms with E-state index in [1.807, 2.05) is 6.92 Å². The Bertz CT molecular complexity index is 403. The summed E-state index contributed by atoms with van der Waals surface area (Å²) in [5, 5.41) is 3.33. The molecule has 17 heavy (non-hydrogen) atoms. The van der Waals surface area contributed by atoms with Gasteiger partial charge in [-0.25, -0.2) is 4.98 Å². The molecule has 96 valence electrons. The minimum Gasteiger partial charge on any atom is -0.315 e. The molecule has 1 aromatic rings. The number of aryl methyl sites for hydroxylation is 1. The lowest BCUT2D eigenvalue weighted by Gasteiger charge is -2.08. The van der Waals surface area contributed by atoms with Crippen molar-refractivity contribution in [2.24, 2.45) is 0 Å². The van der Waals surface area contributed by atoms with Gasteiger partial charge in [0.1, 0.15) is 4.47 Å². The summed E-state index contributed by atoms with van der Waals surface area (Å²) in [6.45, 7) is 6.49. The monoisotopic (exact) mass is 301 g/mol. The van der Waals surface area contributed by atoms with Crippen LogP contribution >= 0.6 is 15.9 Å². The fraction of sp³-hybridized carbons (Fsp3) is 0.667. The van der Waals surface area contributed by atoms with Crippen molar-refractivity contribution in [1.82, 2.24) is 14.9 Å². The molecule has 0 amide bonds. The Morgan fingerprint density at radius 3 is 2.88 bits per heavy atom. The summed E-state index contributed by atoms with van der Waals surface area (Å²) in [7, 11) is 0. The average Bonchev–Trinajstić information content (AvgIpc) is 2.33. The molecule has 5 heteroatoms. The summed E-state index contributed by atoms with van der Waals surface area (Å²) in [5.74, 6) is 0. The molecule has 0 saturated heterocycles. The smallest absolute Gasteiger partial charge is 0.267 e. The maximum Gasteiger partial charge on any atom is 0.267 e. The first-order valence-electron chi connectivity index (χ1n) is 6.09. The lowest BCUT2D eigenvalue weighted by atomic mass is 10.2. The summed E-state index contributed by atoms with van der Waals surface area (Å²) < 4.78 is 2.19. The summed E-state index contributed by atoms with van der Waals surface area (Å²) in [6.07, 6.45) is 5.29. The SMILES string of the molecule is CCCCCNCCn1cnc(C)c(Br)c1=O. The van der Waals surface area contributed by atoms with Crippen LogP contribution in [0.2, 0.25) is 0 Å². The number of hydrogen-bond donors (Lipinski definition) is 1. The molecule has 0 bridgehead atoms. The Morgan fingerprint density at radius 2 is 2.18 bits per heavy atom. The van der Waals surface area contributed by atoms with Crippen LogP contribution in [0.25, 0.3) is 0 Å². The van der Waals surface area contributed by atoms with Crippen LogP contribution in [-0.2, 0) is 6.54 Å². The van der Waals surface area contributed by atoms with E-state index in [-0.39, 0.29) is 5.56 Å². The third-order valence-corrected chi connectivity index (χ3v) is 3.56. The molecule has 0 fully saturated rings. The van der Waals surface area contributed by atoms with Crippen molar-refractivity contribution in [2.75, 3.05) is 13.1 Å². The molecule has 1 rings (SSSR count). The van der Waals surface area contributed by atoms with Crippen LogP contribution < -0.4 is 10.9 Å². The maximum absolute atomic E-state index is 11.8. The topological polar surface area (TPSA) is 46.9 Å². The summed E-state index contributed by atoms with van der Waals surface area (Å²) in [5.41, 5.74) is 0.731. The van der Waals surface area contributed by atoms with Crippen LogP contribution in [0, 0.1) is 6.92 Å². The fourth-order valence-electron chi connectivity index (χ4n) is 1.53. The van der Waals surface area contributed by atoms with Crippen LogP contribution in [0.5, 0.6) is 0 Å². The number of nitrogens with zero attached hydrogens (tertiary/aromatic N) is 2. The molecule has 0 aliphatic carbocycles. The Morgan fingerprint density at radius 1 is 1.41 bits per heavy atom. The molecular formula is C12H20BrN3O. The highest BCUT2D eigenvalue weighted by Gasteiger charge is 2.04.